The second-order valence-corrected chi connectivity index (χ2v) is 8.07. The summed E-state index contributed by atoms with van der Waals surface area (Å²) in [4.78, 5) is 41.5. The Morgan fingerprint density at radius 2 is 1.92 bits per heavy atom. The Morgan fingerprint density at radius 3 is 2.62 bits per heavy atom. The molecule has 26 heavy (non-hydrogen) atoms. The van der Waals surface area contributed by atoms with E-state index < -0.39 is 0 Å². The fraction of sp³-hybridized carbons (Fsp3) is 0.526. The Hall–Kier alpha value is -2.02. The molecule has 2 aliphatic rings. The number of nitrogens with one attached hydrogen (secondary N) is 1. The van der Waals surface area contributed by atoms with Gasteiger partial charge in [-0.05, 0) is 38.8 Å². The first kappa shape index (κ1) is 18.8. The smallest absolute Gasteiger partial charge is 0.242 e. The van der Waals surface area contributed by atoms with Crippen LogP contribution in [0.25, 0.3) is 0 Å². The van der Waals surface area contributed by atoms with E-state index in [9.17, 15) is 14.4 Å². The highest BCUT2D eigenvalue weighted by Crippen LogP contribution is 2.34. The molecule has 0 aliphatic carbocycles. The summed E-state index contributed by atoms with van der Waals surface area (Å²) in [7, 11) is 0. The van der Waals surface area contributed by atoms with Gasteiger partial charge < -0.3 is 15.1 Å². The SMILES string of the molecule is CC(C)NC(=O)C1CCN(C(=O)CN2C(=O)CSc3ccccc32)CC1. The highest BCUT2D eigenvalue weighted by Gasteiger charge is 2.31. The highest BCUT2D eigenvalue weighted by atomic mass is 32.2. The minimum absolute atomic E-state index is 0.0322. The Morgan fingerprint density at radius 1 is 1.23 bits per heavy atom. The molecule has 1 aromatic rings. The molecule has 0 radical (unpaired) electrons. The van der Waals surface area contributed by atoms with Crippen molar-refractivity contribution in [1.29, 1.82) is 0 Å². The van der Waals surface area contributed by atoms with Gasteiger partial charge in [0.1, 0.15) is 6.54 Å². The van der Waals surface area contributed by atoms with Gasteiger partial charge in [0, 0.05) is 29.9 Å². The van der Waals surface area contributed by atoms with Crippen LogP contribution < -0.4 is 10.2 Å². The number of anilines is 1. The summed E-state index contributed by atoms with van der Waals surface area (Å²) in [5.41, 5.74) is 0.813. The maximum Gasteiger partial charge on any atom is 0.242 e. The molecular formula is C19H25N3O3S. The van der Waals surface area contributed by atoms with E-state index in [2.05, 4.69) is 5.32 Å². The number of benzene rings is 1. The highest BCUT2D eigenvalue weighted by molar-refractivity contribution is 8.00. The van der Waals surface area contributed by atoms with E-state index in [4.69, 9.17) is 0 Å². The molecule has 7 heteroatoms. The predicted octanol–water partition coefficient (Wildman–Crippen LogP) is 1.89. The molecule has 1 aromatic carbocycles. The lowest BCUT2D eigenvalue weighted by Gasteiger charge is -2.34. The van der Waals surface area contributed by atoms with Crippen molar-refractivity contribution in [3.8, 4) is 0 Å². The predicted molar refractivity (Wildman–Crippen MR) is 102 cm³/mol. The van der Waals surface area contributed by atoms with Crippen LogP contribution in [0.3, 0.4) is 0 Å². The molecule has 2 heterocycles. The Balaban J connectivity index is 1.58. The molecule has 3 amide bonds. The normalized spacial score (nSPS) is 18.0. The molecule has 0 bridgehead atoms. The molecule has 0 spiro atoms. The number of carbonyl (C=O) groups excluding carboxylic acids is 3. The second kappa shape index (κ2) is 8.12. The molecule has 1 N–H and O–H groups in total. The van der Waals surface area contributed by atoms with Crippen LogP contribution in [0.1, 0.15) is 26.7 Å². The first-order valence-corrected chi connectivity index (χ1v) is 10.0. The molecule has 0 unspecified atom stereocenters. The maximum absolute atomic E-state index is 12.7. The fourth-order valence-electron chi connectivity index (χ4n) is 3.36. The lowest BCUT2D eigenvalue weighted by molar-refractivity contribution is -0.135. The maximum atomic E-state index is 12.7. The summed E-state index contributed by atoms with van der Waals surface area (Å²) in [5, 5.41) is 2.94. The van der Waals surface area contributed by atoms with Crippen molar-refractivity contribution in [2.24, 2.45) is 5.92 Å². The van der Waals surface area contributed by atoms with Gasteiger partial charge in [-0.25, -0.2) is 0 Å². The van der Waals surface area contributed by atoms with Crippen molar-refractivity contribution in [3.63, 3.8) is 0 Å². The summed E-state index contributed by atoms with van der Waals surface area (Å²) in [6, 6.07) is 7.81. The van der Waals surface area contributed by atoms with E-state index in [1.165, 1.54) is 11.8 Å². The number of amides is 3. The number of carbonyl (C=O) groups is 3. The van der Waals surface area contributed by atoms with Gasteiger partial charge in [0.25, 0.3) is 0 Å². The monoisotopic (exact) mass is 375 g/mol. The van der Waals surface area contributed by atoms with Crippen molar-refractivity contribution < 1.29 is 14.4 Å². The molecule has 1 saturated heterocycles. The van der Waals surface area contributed by atoms with Crippen LogP contribution in [-0.2, 0) is 14.4 Å². The van der Waals surface area contributed by atoms with Gasteiger partial charge in [0.05, 0.1) is 11.4 Å². The van der Waals surface area contributed by atoms with E-state index in [1.807, 2.05) is 38.1 Å². The van der Waals surface area contributed by atoms with Gasteiger partial charge in [0.2, 0.25) is 17.7 Å². The van der Waals surface area contributed by atoms with Crippen molar-refractivity contribution in [3.05, 3.63) is 24.3 Å². The zero-order chi connectivity index (χ0) is 18.7. The number of hydrogen-bond donors (Lipinski definition) is 1. The van der Waals surface area contributed by atoms with Crippen LogP contribution in [0.5, 0.6) is 0 Å². The molecule has 0 aromatic heterocycles. The van der Waals surface area contributed by atoms with Gasteiger partial charge in [0.15, 0.2) is 0 Å². The molecule has 0 atom stereocenters. The quantitative estimate of drug-likeness (QED) is 0.873. The summed E-state index contributed by atoms with van der Waals surface area (Å²) < 4.78 is 0. The largest absolute Gasteiger partial charge is 0.354 e. The minimum atomic E-state index is -0.0530. The van der Waals surface area contributed by atoms with E-state index in [0.29, 0.717) is 31.7 Å². The topological polar surface area (TPSA) is 69.7 Å². The lowest BCUT2D eigenvalue weighted by atomic mass is 9.95. The number of piperidine rings is 1. The zero-order valence-electron chi connectivity index (χ0n) is 15.2. The van der Waals surface area contributed by atoms with Crippen LogP contribution >= 0.6 is 11.8 Å². The van der Waals surface area contributed by atoms with Crippen LogP contribution in [0, 0.1) is 5.92 Å². The second-order valence-electron chi connectivity index (χ2n) is 7.05. The van der Waals surface area contributed by atoms with E-state index in [1.54, 1.807) is 9.80 Å². The summed E-state index contributed by atoms with van der Waals surface area (Å²) >= 11 is 1.51. The number of para-hydroxylation sites is 1. The molecule has 140 valence electrons. The molecule has 3 rings (SSSR count). The van der Waals surface area contributed by atoms with Gasteiger partial charge in [-0.1, -0.05) is 12.1 Å². The van der Waals surface area contributed by atoms with Crippen LogP contribution in [0.4, 0.5) is 5.69 Å². The molecule has 6 nitrogen and oxygen atoms in total. The zero-order valence-corrected chi connectivity index (χ0v) is 16.1. The third-order valence-electron chi connectivity index (χ3n) is 4.75. The molecular weight excluding hydrogens is 350 g/mol. The van der Waals surface area contributed by atoms with Gasteiger partial charge in [-0.2, -0.15) is 0 Å². The first-order chi connectivity index (χ1) is 12.5. The number of fused-ring (bicyclic) bond motifs is 1. The first-order valence-electron chi connectivity index (χ1n) is 9.06. The Kier molecular flexibility index (Phi) is 5.86. The van der Waals surface area contributed by atoms with Crippen LogP contribution in [0.2, 0.25) is 0 Å². The van der Waals surface area contributed by atoms with Gasteiger partial charge in [-0.15, -0.1) is 11.8 Å². The van der Waals surface area contributed by atoms with Gasteiger partial charge in [-0.3, -0.25) is 14.4 Å². The van der Waals surface area contributed by atoms with Crippen molar-refractivity contribution in [1.82, 2.24) is 10.2 Å². The number of rotatable bonds is 4. The summed E-state index contributed by atoms with van der Waals surface area (Å²) in [5.74, 6) is 0.317. The van der Waals surface area contributed by atoms with Crippen LogP contribution in [-0.4, -0.2) is 54.1 Å². The number of thioether (sulfide) groups is 1. The number of nitrogens with zero attached hydrogens (tertiary/aromatic N) is 2. The van der Waals surface area contributed by atoms with Crippen molar-refractivity contribution in [2.75, 3.05) is 30.3 Å². The van der Waals surface area contributed by atoms with E-state index >= 15 is 0 Å². The van der Waals surface area contributed by atoms with Crippen molar-refractivity contribution in [2.45, 2.75) is 37.6 Å². The summed E-state index contributed by atoms with van der Waals surface area (Å²) in [6.07, 6.45) is 1.34. The standard InChI is InChI=1S/C19H25N3O3S/c1-13(2)20-19(25)14-7-9-21(10-8-14)17(23)11-22-15-5-3-4-6-16(15)26-12-18(22)24/h3-6,13-14H,7-12H2,1-2H3,(H,20,25). The average molecular weight is 375 g/mol. The Bertz CT molecular complexity index is 699. The molecule has 0 saturated carbocycles. The Labute approximate surface area is 158 Å². The fourth-order valence-corrected chi connectivity index (χ4v) is 4.29. The number of hydrogen-bond acceptors (Lipinski definition) is 4. The minimum Gasteiger partial charge on any atom is -0.354 e. The molecule has 2 aliphatic heterocycles. The number of likely N-dealkylation sites (tertiary alicyclic amines) is 1. The third-order valence-corrected chi connectivity index (χ3v) is 5.80. The lowest BCUT2D eigenvalue weighted by Crippen LogP contribution is -2.49. The van der Waals surface area contributed by atoms with Crippen LogP contribution in [0.15, 0.2) is 29.2 Å². The average Bonchev–Trinajstić information content (AvgIpc) is 2.63. The summed E-state index contributed by atoms with van der Waals surface area (Å²) in [6.45, 7) is 5.09. The van der Waals surface area contributed by atoms with Crippen molar-refractivity contribution >= 4 is 35.2 Å². The van der Waals surface area contributed by atoms with Gasteiger partial charge >= 0.3 is 0 Å². The van der Waals surface area contributed by atoms with E-state index in [-0.39, 0.29) is 36.2 Å². The third kappa shape index (κ3) is 4.20. The van der Waals surface area contributed by atoms with E-state index in [0.717, 1.165) is 10.6 Å². The molecule has 1 fully saturated rings.